The summed E-state index contributed by atoms with van der Waals surface area (Å²) in [5, 5.41) is 0. The first kappa shape index (κ1) is 12.2. The van der Waals surface area contributed by atoms with Gasteiger partial charge >= 0.3 is 0 Å². The van der Waals surface area contributed by atoms with Crippen molar-refractivity contribution in [2.75, 3.05) is 0 Å². The smallest absolute Gasteiger partial charge is 0.170 e. The van der Waals surface area contributed by atoms with Crippen LogP contribution < -0.4 is 0 Å². The molecule has 0 N–H and O–H groups in total. The number of hydrogen-bond donors (Lipinski definition) is 0. The monoisotopic (exact) mass is 250 g/mol. The molecule has 19 heavy (non-hydrogen) atoms. The van der Waals surface area contributed by atoms with E-state index < -0.39 is 0 Å². The number of Topliss-reactive ketones (excluding diaryl/α,β-unsaturated/α-hetero) is 1. The van der Waals surface area contributed by atoms with E-state index in [4.69, 9.17) is 0 Å². The van der Waals surface area contributed by atoms with E-state index in [2.05, 4.69) is 18.2 Å². The van der Waals surface area contributed by atoms with Crippen LogP contribution in [0.2, 0.25) is 0 Å². The molecule has 1 aliphatic rings. The Balaban J connectivity index is 2.00. The first-order chi connectivity index (χ1) is 9.27. The third kappa shape index (κ3) is 2.21. The summed E-state index contributed by atoms with van der Waals surface area (Å²) in [5.74, 6) is 0.330. The zero-order valence-corrected chi connectivity index (χ0v) is 11.2. The molecular formula is C18H18O. The lowest BCUT2D eigenvalue weighted by Gasteiger charge is -2.24. The minimum absolute atomic E-state index is 0.0473. The predicted octanol–water partition coefficient (Wildman–Crippen LogP) is 4.30. The lowest BCUT2D eigenvalue weighted by molar-refractivity contribution is 0.0950. The fraction of sp³-hybridized carbons (Fsp3) is 0.278. The zero-order chi connectivity index (χ0) is 13.2. The van der Waals surface area contributed by atoms with E-state index in [1.165, 1.54) is 11.1 Å². The highest BCUT2D eigenvalue weighted by atomic mass is 16.1. The molecule has 2 aromatic carbocycles. The maximum Gasteiger partial charge on any atom is 0.170 e. The van der Waals surface area contributed by atoms with Gasteiger partial charge in [-0.15, -0.1) is 0 Å². The van der Waals surface area contributed by atoms with Crippen LogP contribution in [-0.4, -0.2) is 5.78 Å². The second-order valence-electron chi connectivity index (χ2n) is 5.32. The quantitative estimate of drug-likeness (QED) is 0.726. The van der Waals surface area contributed by atoms with Crippen molar-refractivity contribution in [3.8, 4) is 0 Å². The number of benzene rings is 2. The van der Waals surface area contributed by atoms with Gasteiger partial charge in [-0.2, -0.15) is 0 Å². The van der Waals surface area contributed by atoms with Crippen molar-refractivity contribution in [2.24, 2.45) is 0 Å². The molecule has 0 spiro atoms. The van der Waals surface area contributed by atoms with Crippen LogP contribution >= 0.6 is 0 Å². The zero-order valence-electron chi connectivity index (χ0n) is 11.2. The van der Waals surface area contributed by atoms with Gasteiger partial charge in [-0.25, -0.2) is 0 Å². The summed E-state index contributed by atoms with van der Waals surface area (Å²) >= 11 is 0. The van der Waals surface area contributed by atoms with Gasteiger partial charge in [0.15, 0.2) is 5.78 Å². The van der Waals surface area contributed by atoms with Crippen LogP contribution in [0.4, 0.5) is 0 Å². The van der Waals surface area contributed by atoms with Crippen molar-refractivity contribution in [3.63, 3.8) is 0 Å². The van der Waals surface area contributed by atoms with Gasteiger partial charge < -0.3 is 0 Å². The molecule has 1 heteroatoms. The van der Waals surface area contributed by atoms with Gasteiger partial charge in [0.2, 0.25) is 0 Å². The molecule has 0 amide bonds. The minimum atomic E-state index is 0.0473. The fourth-order valence-corrected chi connectivity index (χ4v) is 3.06. The fourth-order valence-electron chi connectivity index (χ4n) is 3.06. The molecule has 1 atom stereocenters. The van der Waals surface area contributed by atoms with Crippen molar-refractivity contribution in [2.45, 2.75) is 32.1 Å². The van der Waals surface area contributed by atoms with Gasteiger partial charge in [-0.1, -0.05) is 48.5 Å². The molecule has 1 aliphatic carbocycles. The van der Waals surface area contributed by atoms with E-state index in [-0.39, 0.29) is 11.7 Å². The van der Waals surface area contributed by atoms with Crippen LogP contribution in [0, 0.1) is 6.92 Å². The second-order valence-corrected chi connectivity index (χ2v) is 5.32. The molecule has 0 aromatic heterocycles. The van der Waals surface area contributed by atoms with Gasteiger partial charge in [-0.3, -0.25) is 4.79 Å². The molecule has 0 saturated carbocycles. The Labute approximate surface area is 114 Å². The average Bonchev–Trinajstić information content (AvgIpc) is 2.46. The highest BCUT2D eigenvalue weighted by molar-refractivity contribution is 6.02. The molecule has 0 saturated heterocycles. The Morgan fingerprint density at radius 3 is 2.63 bits per heavy atom. The number of carbonyl (C=O) groups is 1. The van der Waals surface area contributed by atoms with Gasteiger partial charge in [0.05, 0.1) is 0 Å². The average molecular weight is 250 g/mol. The van der Waals surface area contributed by atoms with Gasteiger partial charge in [0.25, 0.3) is 0 Å². The van der Waals surface area contributed by atoms with Gasteiger partial charge in [0, 0.05) is 11.5 Å². The van der Waals surface area contributed by atoms with E-state index in [1.54, 1.807) is 0 Å². The molecule has 0 radical (unpaired) electrons. The molecule has 0 heterocycles. The molecule has 0 aliphatic heterocycles. The summed E-state index contributed by atoms with van der Waals surface area (Å²) in [6, 6.07) is 16.3. The van der Waals surface area contributed by atoms with Crippen LogP contribution in [0.25, 0.3) is 0 Å². The van der Waals surface area contributed by atoms with Crippen LogP contribution in [0.15, 0.2) is 48.5 Å². The topological polar surface area (TPSA) is 17.1 Å². The summed E-state index contributed by atoms with van der Waals surface area (Å²) in [5.41, 5.74) is 4.54. The summed E-state index contributed by atoms with van der Waals surface area (Å²) in [6.45, 7) is 2.02. The first-order valence-corrected chi connectivity index (χ1v) is 6.95. The molecule has 3 rings (SSSR count). The lowest BCUT2D eigenvalue weighted by atomic mass is 9.78. The second kappa shape index (κ2) is 5.00. The molecule has 96 valence electrons. The Morgan fingerprint density at radius 2 is 1.79 bits per heavy atom. The highest BCUT2D eigenvalue weighted by Gasteiger charge is 2.27. The maximum atomic E-state index is 12.8. The Bertz CT molecular complexity index is 613. The maximum absolute atomic E-state index is 12.8. The number of carbonyl (C=O) groups excluding carboxylic acids is 1. The third-order valence-electron chi connectivity index (χ3n) is 4.10. The number of rotatable bonds is 2. The molecular weight excluding hydrogens is 232 g/mol. The molecule has 1 unspecified atom stereocenters. The standard InChI is InChI=1S/C18H18O/c1-13-7-2-4-10-15(13)18(19)17-12-6-9-14-8-3-5-11-16(14)17/h2-5,7-8,10-11,17H,6,9,12H2,1H3. The van der Waals surface area contributed by atoms with Crippen molar-refractivity contribution in [1.82, 2.24) is 0 Å². The van der Waals surface area contributed by atoms with Crippen molar-refractivity contribution in [3.05, 3.63) is 70.8 Å². The van der Waals surface area contributed by atoms with E-state index in [0.717, 1.165) is 30.4 Å². The third-order valence-corrected chi connectivity index (χ3v) is 4.10. The first-order valence-electron chi connectivity index (χ1n) is 6.95. The molecule has 0 bridgehead atoms. The number of ketones is 1. The SMILES string of the molecule is Cc1ccccc1C(=O)C1CCCc2ccccc21. The summed E-state index contributed by atoms with van der Waals surface area (Å²) in [7, 11) is 0. The minimum Gasteiger partial charge on any atom is -0.293 e. The van der Waals surface area contributed by atoms with Crippen LogP contribution in [0.3, 0.4) is 0 Å². The van der Waals surface area contributed by atoms with Gasteiger partial charge in [0.1, 0.15) is 0 Å². The molecule has 1 nitrogen and oxygen atoms in total. The van der Waals surface area contributed by atoms with Crippen LogP contribution in [0.1, 0.15) is 45.8 Å². The van der Waals surface area contributed by atoms with E-state index >= 15 is 0 Å². The largest absolute Gasteiger partial charge is 0.293 e. The van der Waals surface area contributed by atoms with Crippen molar-refractivity contribution < 1.29 is 4.79 Å². The predicted molar refractivity (Wildman–Crippen MR) is 77.6 cm³/mol. The summed E-state index contributed by atoms with van der Waals surface area (Å²) in [4.78, 5) is 12.8. The Kier molecular flexibility index (Phi) is 3.20. The molecule has 2 aromatic rings. The van der Waals surface area contributed by atoms with Crippen molar-refractivity contribution in [1.29, 1.82) is 0 Å². The lowest BCUT2D eigenvalue weighted by Crippen LogP contribution is -2.19. The number of aryl methyl sites for hydroxylation is 2. The van der Waals surface area contributed by atoms with Crippen LogP contribution in [0.5, 0.6) is 0 Å². The Morgan fingerprint density at radius 1 is 1.05 bits per heavy atom. The van der Waals surface area contributed by atoms with Gasteiger partial charge in [-0.05, 0) is 42.9 Å². The Hall–Kier alpha value is -1.89. The summed E-state index contributed by atoms with van der Waals surface area (Å²) < 4.78 is 0. The highest BCUT2D eigenvalue weighted by Crippen LogP contribution is 2.34. The number of fused-ring (bicyclic) bond motifs is 1. The van der Waals surface area contributed by atoms with Crippen LogP contribution in [-0.2, 0) is 6.42 Å². The van der Waals surface area contributed by atoms with E-state index in [0.29, 0.717) is 0 Å². The molecule has 0 fully saturated rings. The summed E-state index contributed by atoms with van der Waals surface area (Å²) in [6.07, 6.45) is 3.19. The number of hydrogen-bond acceptors (Lipinski definition) is 1. The normalized spacial score (nSPS) is 17.8. The van der Waals surface area contributed by atoms with Crippen molar-refractivity contribution >= 4 is 5.78 Å². The van der Waals surface area contributed by atoms with E-state index in [9.17, 15) is 4.79 Å². The van der Waals surface area contributed by atoms with E-state index in [1.807, 2.05) is 37.3 Å².